The predicted octanol–water partition coefficient (Wildman–Crippen LogP) is 2.49. The van der Waals surface area contributed by atoms with Crippen molar-refractivity contribution < 1.29 is 12.9 Å². The van der Waals surface area contributed by atoms with Gasteiger partial charge in [-0.2, -0.15) is 0 Å². The van der Waals surface area contributed by atoms with Crippen molar-refractivity contribution in [2.45, 2.75) is 24.9 Å². The highest BCUT2D eigenvalue weighted by molar-refractivity contribution is 7.74. The minimum absolute atomic E-state index is 0.383. The van der Waals surface area contributed by atoms with Gasteiger partial charge in [0.1, 0.15) is 0 Å². The third-order valence-electron chi connectivity index (χ3n) is 3.00. The molecule has 0 spiro atoms. The molecule has 0 bridgehead atoms. The molecule has 0 saturated carbocycles. The van der Waals surface area contributed by atoms with E-state index in [-0.39, 0.29) is 0 Å². The van der Waals surface area contributed by atoms with Crippen LogP contribution >= 0.6 is 22.7 Å². The largest absolute Gasteiger partial charge is 0.750 e. The lowest BCUT2D eigenvalue weighted by Crippen LogP contribution is -2.40. The van der Waals surface area contributed by atoms with E-state index < -0.39 is 17.0 Å². The van der Waals surface area contributed by atoms with Gasteiger partial charge in [-0.15, -0.1) is 22.7 Å². The molecule has 2 aromatic rings. The first-order valence-corrected chi connectivity index (χ1v) is 8.93. The monoisotopic (exact) mass is 330 g/mol. The second-order valence-electron chi connectivity index (χ2n) is 4.52. The summed E-state index contributed by atoms with van der Waals surface area (Å²) in [6, 6.07) is 7.88. The van der Waals surface area contributed by atoms with Crippen molar-refractivity contribution in [2.24, 2.45) is 5.73 Å². The topological polar surface area (TPSA) is 75.4 Å². The molecule has 4 nitrogen and oxygen atoms in total. The van der Waals surface area contributed by atoms with Crippen LogP contribution in [0.15, 0.2) is 35.0 Å². The fourth-order valence-electron chi connectivity index (χ4n) is 2.21. The van der Waals surface area contributed by atoms with Gasteiger partial charge in [0.05, 0.1) is 17.0 Å². The number of thiophene rings is 2. The summed E-state index contributed by atoms with van der Waals surface area (Å²) in [5.74, 6) is 0. The normalized spacial score (nSPS) is 13.5. The quantitative estimate of drug-likeness (QED) is 0.755. The van der Waals surface area contributed by atoms with Crippen LogP contribution in [0.3, 0.4) is 0 Å². The maximum atomic E-state index is 11.1. The molecule has 0 fully saturated rings. The molecule has 0 saturated heterocycles. The number of hydrogen-bond donors (Lipinski definition) is 1. The van der Waals surface area contributed by atoms with E-state index in [1.807, 2.05) is 35.0 Å². The Kier molecular flexibility index (Phi) is 5.88. The van der Waals surface area contributed by atoms with E-state index >= 15 is 0 Å². The molecule has 0 amide bonds. The smallest absolute Gasteiger partial charge is 0.0952 e. The lowest BCUT2D eigenvalue weighted by molar-refractivity contribution is 0.0679. The van der Waals surface area contributed by atoms with E-state index in [0.717, 1.165) is 9.75 Å². The van der Waals surface area contributed by atoms with Crippen molar-refractivity contribution in [2.75, 3.05) is 6.54 Å². The van der Waals surface area contributed by atoms with Gasteiger partial charge in [-0.3, -0.25) is 4.18 Å². The van der Waals surface area contributed by atoms with Gasteiger partial charge in [-0.05, 0) is 35.9 Å². The van der Waals surface area contributed by atoms with Gasteiger partial charge >= 0.3 is 0 Å². The van der Waals surface area contributed by atoms with Crippen molar-refractivity contribution in [1.82, 2.24) is 0 Å². The molecule has 0 aliphatic carbocycles. The van der Waals surface area contributed by atoms with E-state index in [9.17, 15) is 8.76 Å². The Morgan fingerprint density at radius 2 is 1.75 bits per heavy atom. The lowest BCUT2D eigenvalue weighted by atomic mass is 9.90. The maximum absolute atomic E-state index is 11.1. The third-order valence-corrected chi connectivity index (χ3v) is 5.24. The standard InChI is InChI=1S/C13H17NO3S3/c14-6-5-13(17-20(15)16,9-11-3-1-7-18-11)10-12-4-2-8-19-12/h1-4,7-8H,5-6,9-10,14H2,(H,15,16)/p-1. The maximum Gasteiger partial charge on any atom is 0.0952 e. The molecule has 20 heavy (non-hydrogen) atoms. The second kappa shape index (κ2) is 7.44. The Bertz CT molecular complexity index is 489. The summed E-state index contributed by atoms with van der Waals surface area (Å²) in [5, 5.41) is 3.95. The number of nitrogens with two attached hydrogens (primary N) is 1. The van der Waals surface area contributed by atoms with E-state index in [0.29, 0.717) is 25.8 Å². The fraction of sp³-hybridized carbons (Fsp3) is 0.385. The first kappa shape index (κ1) is 15.8. The Balaban J connectivity index is 2.24. The molecule has 2 heterocycles. The molecular weight excluding hydrogens is 314 g/mol. The van der Waals surface area contributed by atoms with E-state index in [1.165, 1.54) is 0 Å². The van der Waals surface area contributed by atoms with E-state index in [1.54, 1.807) is 22.7 Å². The van der Waals surface area contributed by atoms with Crippen molar-refractivity contribution >= 4 is 34.0 Å². The van der Waals surface area contributed by atoms with Crippen molar-refractivity contribution in [1.29, 1.82) is 0 Å². The molecule has 110 valence electrons. The van der Waals surface area contributed by atoms with Crippen LogP contribution < -0.4 is 5.73 Å². The van der Waals surface area contributed by atoms with Gasteiger partial charge < -0.3 is 10.3 Å². The van der Waals surface area contributed by atoms with Crippen LogP contribution in [0.4, 0.5) is 0 Å². The summed E-state index contributed by atoms with van der Waals surface area (Å²) < 4.78 is 27.5. The van der Waals surface area contributed by atoms with Crippen LogP contribution in [-0.2, 0) is 28.4 Å². The number of rotatable bonds is 8. The molecule has 1 unspecified atom stereocenters. The SMILES string of the molecule is NCCC(Cc1cccs1)(Cc1cccs1)OS(=O)[O-]. The Morgan fingerprint density at radius 3 is 2.10 bits per heavy atom. The minimum atomic E-state index is -2.56. The summed E-state index contributed by atoms with van der Waals surface area (Å²) >= 11 is 0.638. The summed E-state index contributed by atoms with van der Waals surface area (Å²) in [6.07, 6.45) is 1.60. The molecule has 0 aliphatic heterocycles. The summed E-state index contributed by atoms with van der Waals surface area (Å²) in [7, 11) is 0. The van der Waals surface area contributed by atoms with Crippen LogP contribution in [0.2, 0.25) is 0 Å². The zero-order valence-electron chi connectivity index (χ0n) is 10.8. The predicted molar refractivity (Wildman–Crippen MR) is 82.5 cm³/mol. The summed E-state index contributed by atoms with van der Waals surface area (Å²) in [4.78, 5) is 2.20. The van der Waals surface area contributed by atoms with Crippen LogP contribution in [0.1, 0.15) is 16.2 Å². The van der Waals surface area contributed by atoms with Crippen LogP contribution in [-0.4, -0.2) is 20.9 Å². The molecule has 2 N–H and O–H groups in total. The molecule has 2 aromatic heterocycles. The molecule has 2 rings (SSSR count). The fourth-order valence-corrected chi connectivity index (χ4v) is 4.37. The Hall–Kier alpha value is -0.570. The van der Waals surface area contributed by atoms with Crippen molar-refractivity contribution in [3.05, 3.63) is 44.8 Å². The highest BCUT2D eigenvalue weighted by Crippen LogP contribution is 2.30. The molecule has 7 heteroatoms. The van der Waals surface area contributed by atoms with Gasteiger partial charge in [-0.1, -0.05) is 12.1 Å². The Morgan fingerprint density at radius 1 is 1.20 bits per heavy atom. The first-order chi connectivity index (χ1) is 9.63. The average Bonchev–Trinajstić information content (AvgIpc) is 3.01. The van der Waals surface area contributed by atoms with Crippen molar-refractivity contribution in [3.63, 3.8) is 0 Å². The average molecular weight is 330 g/mol. The molecule has 1 atom stereocenters. The first-order valence-electron chi connectivity index (χ1n) is 6.17. The van der Waals surface area contributed by atoms with Gasteiger partial charge in [0, 0.05) is 22.6 Å². The van der Waals surface area contributed by atoms with Gasteiger partial charge in [0.2, 0.25) is 0 Å². The van der Waals surface area contributed by atoms with Crippen LogP contribution in [0.25, 0.3) is 0 Å². The number of hydrogen-bond acceptors (Lipinski definition) is 6. The van der Waals surface area contributed by atoms with Gasteiger partial charge in [0.25, 0.3) is 0 Å². The minimum Gasteiger partial charge on any atom is -0.750 e. The summed E-state index contributed by atoms with van der Waals surface area (Å²) in [5.41, 5.74) is 4.88. The molecule has 0 aromatic carbocycles. The van der Waals surface area contributed by atoms with Gasteiger partial charge in [0.15, 0.2) is 0 Å². The summed E-state index contributed by atoms with van der Waals surface area (Å²) in [6.45, 7) is 0.383. The van der Waals surface area contributed by atoms with E-state index in [2.05, 4.69) is 0 Å². The van der Waals surface area contributed by atoms with Gasteiger partial charge in [-0.25, -0.2) is 4.21 Å². The zero-order valence-corrected chi connectivity index (χ0v) is 13.3. The second-order valence-corrected chi connectivity index (χ2v) is 7.16. The molecule has 0 aliphatic rings. The highest BCUT2D eigenvalue weighted by Gasteiger charge is 2.33. The zero-order chi connectivity index (χ0) is 14.4. The highest BCUT2D eigenvalue weighted by atomic mass is 32.2. The van der Waals surface area contributed by atoms with Crippen LogP contribution in [0, 0.1) is 0 Å². The third kappa shape index (κ3) is 4.47. The molecule has 0 radical (unpaired) electrons. The van der Waals surface area contributed by atoms with E-state index in [4.69, 9.17) is 9.92 Å². The lowest BCUT2D eigenvalue weighted by Gasteiger charge is -2.33. The van der Waals surface area contributed by atoms with Crippen LogP contribution in [0.5, 0.6) is 0 Å². The Labute approximate surface area is 129 Å². The van der Waals surface area contributed by atoms with Crippen molar-refractivity contribution in [3.8, 4) is 0 Å². The molecular formula is C13H16NO3S3-.